The molecule has 30 heavy (non-hydrogen) atoms. The van der Waals surface area contributed by atoms with E-state index in [0.717, 1.165) is 22.0 Å². The van der Waals surface area contributed by atoms with Crippen LogP contribution in [0.5, 0.6) is 0 Å². The number of thiophene rings is 1. The maximum absolute atomic E-state index is 12.2. The van der Waals surface area contributed by atoms with Crippen LogP contribution in [0.1, 0.15) is 9.75 Å². The van der Waals surface area contributed by atoms with Crippen LogP contribution in [0.3, 0.4) is 0 Å². The minimum Gasteiger partial charge on any atom is -0.272 e. The van der Waals surface area contributed by atoms with Crippen molar-refractivity contribution in [2.24, 2.45) is 5.10 Å². The topological polar surface area (TPSA) is 72.2 Å². The number of para-hydroxylation sites is 1. The van der Waals surface area contributed by atoms with Gasteiger partial charge < -0.3 is 0 Å². The van der Waals surface area contributed by atoms with E-state index < -0.39 is 0 Å². The lowest BCUT2D eigenvalue weighted by Crippen LogP contribution is -2.19. The lowest BCUT2D eigenvalue weighted by Gasteiger charge is -2.10. The third-order valence-electron chi connectivity index (χ3n) is 4.15. The Morgan fingerprint density at radius 3 is 2.50 bits per heavy atom. The highest BCUT2D eigenvalue weighted by molar-refractivity contribution is 7.99. The van der Waals surface area contributed by atoms with Crippen LogP contribution in [0.25, 0.3) is 17.1 Å². The van der Waals surface area contributed by atoms with Gasteiger partial charge in [0.2, 0.25) is 0 Å². The molecule has 1 amide bonds. The SMILES string of the molecule is Cc1ccc(C=NNC(=O)CSc2nnc(-c3ccccc3)n2-c2ccccc2)s1. The Bertz CT molecular complexity index is 1150. The first-order chi connectivity index (χ1) is 14.7. The van der Waals surface area contributed by atoms with Crippen molar-refractivity contribution in [1.82, 2.24) is 20.2 Å². The number of carbonyl (C=O) groups is 1. The molecule has 6 nitrogen and oxygen atoms in total. The normalized spacial score (nSPS) is 11.1. The van der Waals surface area contributed by atoms with Gasteiger partial charge in [-0.3, -0.25) is 9.36 Å². The highest BCUT2D eigenvalue weighted by atomic mass is 32.2. The van der Waals surface area contributed by atoms with Gasteiger partial charge in [-0.25, -0.2) is 5.43 Å². The number of hydrogen-bond acceptors (Lipinski definition) is 6. The summed E-state index contributed by atoms with van der Waals surface area (Å²) >= 11 is 2.94. The standard InChI is InChI=1S/C22H19N5OS2/c1-16-12-13-19(30-16)14-23-24-20(28)15-29-22-26-25-21(17-8-4-2-5-9-17)27(22)18-10-6-3-7-11-18/h2-14H,15H2,1H3,(H,24,28). The van der Waals surface area contributed by atoms with Crippen molar-refractivity contribution in [3.63, 3.8) is 0 Å². The molecule has 0 unspecified atom stereocenters. The van der Waals surface area contributed by atoms with Crippen LogP contribution in [0.15, 0.2) is 83.1 Å². The highest BCUT2D eigenvalue weighted by Gasteiger charge is 2.16. The number of carbonyl (C=O) groups excluding carboxylic acids is 1. The summed E-state index contributed by atoms with van der Waals surface area (Å²) in [6, 6.07) is 23.7. The largest absolute Gasteiger partial charge is 0.272 e. The Morgan fingerprint density at radius 2 is 1.80 bits per heavy atom. The third-order valence-corrected chi connectivity index (χ3v) is 6.02. The van der Waals surface area contributed by atoms with Crippen molar-refractivity contribution in [2.45, 2.75) is 12.1 Å². The molecule has 0 fully saturated rings. The second-order valence-electron chi connectivity index (χ2n) is 6.37. The van der Waals surface area contributed by atoms with Crippen molar-refractivity contribution >= 4 is 35.2 Å². The average Bonchev–Trinajstić information content (AvgIpc) is 3.39. The van der Waals surface area contributed by atoms with Crippen LogP contribution in [0.2, 0.25) is 0 Å². The minimum absolute atomic E-state index is 0.181. The van der Waals surface area contributed by atoms with Gasteiger partial charge in [0, 0.05) is 21.0 Å². The molecule has 4 aromatic rings. The summed E-state index contributed by atoms with van der Waals surface area (Å²) in [6.45, 7) is 2.03. The van der Waals surface area contributed by atoms with Crippen molar-refractivity contribution in [1.29, 1.82) is 0 Å². The van der Waals surface area contributed by atoms with E-state index in [4.69, 9.17) is 0 Å². The van der Waals surface area contributed by atoms with E-state index in [1.807, 2.05) is 84.3 Å². The highest BCUT2D eigenvalue weighted by Crippen LogP contribution is 2.27. The summed E-state index contributed by atoms with van der Waals surface area (Å²) < 4.78 is 1.96. The smallest absolute Gasteiger partial charge is 0.250 e. The Balaban J connectivity index is 1.49. The Hall–Kier alpha value is -3.23. The molecule has 1 N–H and O–H groups in total. The third kappa shape index (κ3) is 4.84. The van der Waals surface area contributed by atoms with E-state index in [2.05, 4.69) is 20.7 Å². The summed E-state index contributed by atoms with van der Waals surface area (Å²) in [7, 11) is 0. The lowest BCUT2D eigenvalue weighted by atomic mass is 10.2. The fraction of sp³-hybridized carbons (Fsp3) is 0.0909. The first-order valence-corrected chi connectivity index (χ1v) is 11.1. The molecule has 0 aliphatic rings. The number of aromatic nitrogens is 3. The summed E-state index contributed by atoms with van der Waals surface area (Å²) in [4.78, 5) is 14.4. The number of amides is 1. The van der Waals surface area contributed by atoms with Gasteiger partial charge in [-0.2, -0.15) is 5.10 Å². The van der Waals surface area contributed by atoms with Gasteiger partial charge in [0.15, 0.2) is 11.0 Å². The average molecular weight is 434 g/mol. The fourth-order valence-corrected chi connectivity index (χ4v) is 4.29. The van der Waals surface area contributed by atoms with Crippen LogP contribution in [-0.2, 0) is 4.79 Å². The summed E-state index contributed by atoms with van der Waals surface area (Å²) in [5.74, 6) is 0.713. The first kappa shape index (κ1) is 20.1. The predicted molar refractivity (Wildman–Crippen MR) is 122 cm³/mol. The number of nitrogens with one attached hydrogen (secondary N) is 1. The Labute approximate surface area is 182 Å². The molecule has 150 valence electrons. The molecule has 0 saturated heterocycles. The van der Waals surface area contributed by atoms with Gasteiger partial charge in [0.05, 0.1) is 12.0 Å². The maximum Gasteiger partial charge on any atom is 0.250 e. The molecule has 0 aliphatic heterocycles. The number of rotatable bonds is 7. The molecular formula is C22H19N5OS2. The van der Waals surface area contributed by atoms with Gasteiger partial charge in [0.1, 0.15) is 0 Å². The number of hydrazone groups is 1. The fourth-order valence-electron chi connectivity index (χ4n) is 2.80. The molecule has 2 aromatic carbocycles. The minimum atomic E-state index is -0.201. The Kier molecular flexibility index (Phi) is 6.36. The molecule has 0 spiro atoms. The van der Waals surface area contributed by atoms with E-state index in [1.165, 1.54) is 16.6 Å². The second kappa shape index (κ2) is 9.51. The van der Waals surface area contributed by atoms with E-state index in [1.54, 1.807) is 17.6 Å². The van der Waals surface area contributed by atoms with Crippen molar-refractivity contribution in [2.75, 3.05) is 5.75 Å². The summed E-state index contributed by atoms with van der Waals surface area (Å²) in [6.07, 6.45) is 1.65. The molecule has 2 heterocycles. The molecule has 0 atom stereocenters. The molecule has 0 saturated carbocycles. The van der Waals surface area contributed by atoms with E-state index in [9.17, 15) is 4.79 Å². The number of thioether (sulfide) groups is 1. The van der Waals surface area contributed by atoms with Gasteiger partial charge >= 0.3 is 0 Å². The van der Waals surface area contributed by atoms with E-state index >= 15 is 0 Å². The predicted octanol–water partition coefficient (Wildman–Crippen LogP) is 4.55. The van der Waals surface area contributed by atoms with Gasteiger partial charge in [0.25, 0.3) is 5.91 Å². The van der Waals surface area contributed by atoms with Crippen molar-refractivity contribution < 1.29 is 4.79 Å². The van der Waals surface area contributed by atoms with Crippen LogP contribution >= 0.6 is 23.1 Å². The maximum atomic E-state index is 12.2. The summed E-state index contributed by atoms with van der Waals surface area (Å²) in [5, 5.41) is 13.4. The van der Waals surface area contributed by atoms with Crippen molar-refractivity contribution in [3.05, 3.63) is 82.6 Å². The molecule has 2 aromatic heterocycles. The van der Waals surface area contributed by atoms with E-state index in [0.29, 0.717) is 5.16 Å². The van der Waals surface area contributed by atoms with Gasteiger partial charge in [-0.05, 0) is 31.2 Å². The zero-order valence-corrected chi connectivity index (χ0v) is 17.9. The number of benzene rings is 2. The van der Waals surface area contributed by atoms with Gasteiger partial charge in [-0.15, -0.1) is 21.5 Å². The quantitative estimate of drug-likeness (QED) is 0.264. The van der Waals surface area contributed by atoms with Crippen molar-refractivity contribution in [3.8, 4) is 17.1 Å². The molecule has 0 radical (unpaired) electrons. The lowest BCUT2D eigenvalue weighted by molar-refractivity contribution is -0.118. The number of hydrogen-bond donors (Lipinski definition) is 1. The zero-order valence-electron chi connectivity index (χ0n) is 16.2. The summed E-state index contributed by atoms with van der Waals surface area (Å²) in [5.41, 5.74) is 4.47. The monoisotopic (exact) mass is 433 g/mol. The number of nitrogens with zero attached hydrogens (tertiary/aromatic N) is 4. The first-order valence-electron chi connectivity index (χ1n) is 9.28. The second-order valence-corrected chi connectivity index (χ2v) is 8.64. The zero-order chi connectivity index (χ0) is 20.8. The van der Waals surface area contributed by atoms with Crippen LogP contribution in [0.4, 0.5) is 0 Å². The van der Waals surface area contributed by atoms with Gasteiger partial charge in [-0.1, -0.05) is 60.3 Å². The molecule has 0 bridgehead atoms. The van der Waals surface area contributed by atoms with E-state index in [-0.39, 0.29) is 11.7 Å². The molecular weight excluding hydrogens is 414 g/mol. The number of aryl methyl sites for hydroxylation is 1. The molecule has 4 rings (SSSR count). The van der Waals surface area contributed by atoms with Crippen LogP contribution < -0.4 is 5.43 Å². The molecule has 0 aliphatic carbocycles. The van der Waals surface area contributed by atoms with Crippen LogP contribution in [-0.4, -0.2) is 32.6 Å². The molecule has 8 heteroatoms. The Morgan fingerprint density at radius 1 is 1.07 bits per heavy atom. The van der Waals surface area contributed by atoms with Crippen LogP contribution in [0, 0.1) is 6.92 Å².